The highest BCUT2D eigenvalue weighted by atomic mass is 16.4. The fourth-order valence-corrected chi connectivity index (χ4v) is 2.43. The first kappa shape index (κ1) is 14.3. The average Bonchev–Trinajstić information content (AvgIpc) is 2.80. The molecule has 0 aliphatic carbocycles. The summed E-state index contributed by atoms with van der Waals surface area (Å²) in [5.41, 5.74) is 0.646. The number of aryl methyl sites for hydroxylation is 1. The van der Waals surface area contributed by atoms with E-state index in [1.54, 1.807) is 24.3 Å². The standard InChI is InChI=1S/C14H17NO5/c16-10-7-11(14(19)20)15(8-10)13(18)6-5-9-3-1-2-4-12(9)17/h1-4,10-11,16-17H,5-8H2,(H,19,20)/t10-,11-/m0/s1. The molecular weight excluding hydrogens is 262 g/mol. The molecule has 0 aromatic heterocycles. The third kappa shape index (κ3) is 3.08. The van der Waals surface area contributed by atoms with Gasteiger partial charge in [0.15, 0.2) is 0 Å². The van der Waals surface area contributed by atoms with Crippen LogP contribution in [0.4, 0.5) is 0 Å². The molecule has 3 N–H and O–H groups in total. The molecule has 6 heteroatoms. The largest absolute Gasteiger partial charge is 0.508 e. The van der Waals surface area contributed by atoms with Crippen molar-refractivity contribution in [3.63, 3.8) is 0 Å². The lowest BCUT2D eigenvalue weighted by Crippen LogP contribution is -2.40. The summed E-state index contributed by atoms with van der Waals surface area (Å²) in [6.45, 7) is 0.0522. The Morgan fingerprint density at radius 3 is 2.65 bits per heavy atom. The molecule has 0 spiro atoms. The molecule has 108 valence electrons. The molecular formula is C14H17NO5. The van der Waals surface area contributed by atoms with Crippen LogP contribution in [-0.2, 0) is 16.0 Å². The molecule has 0 unspecified atom stereocenters. The summed E-state index contributed by atoms with van der Waals surface area (Å²) in [6, 6.07) is 5.76. The van der Waals surface area contributed by atoms with Crippen LogP contribution in [0.15, 0.2) is 24.3 Å². The van der Waals surface area contributed by atoms with E-state index in [1.165, 1.54) is 4.90 Å². The Morgan fingerprint density at radius 2 is 2.00 bits per heavy atom. The summed E-state index contributed by atoms with van der Waals surface area (Å²) in [7, 11) is 0. The second kappa shape index (κ2) is 5.92. The minimum atomic E-state index is -1.10. The number of aromatic hydroxyl groups is 1. The molecule has 1 aromatic carbocycles. The second-order valence-electron chi connectivity index (χ2n) is 4.92. The lowest BCUT2D eigenvalue weighted by molar-refractivity contribution is -0.148. The molecule has 1 saturated heterocycles. The van der Waals surface area contributed by atoms with E-state index in [2.05, 4.69) is 0 Å². The number of hydrogen-bond acceptors (Lipinski definition) is 4. The normalized spacial score (nSPS) is 21.9. The summed E-state index contributed by atoms with van der Waals surface area (Å²) in [5.74, 6) is -1.30. The number of para-hydroxylation sites is 1. The molecule has 2 rings (SSSR count). The Kier molecular flexibility index (Phi) is 4.24. The number of likely N-dealkylation sites (tertiary alicyclic amines) is 1. The number of nitrogens with zero attached hydrogens (tertiary/aromatic N) is 1. The van der Waals surface area contributed by atoms with Crippen LogP contribution in [0.2, 0.25) is 0 Å². The summed E-state index contributed by atoms with van der Waals surface area (Å²) in [4.78, 5) is 24.3. The minimum absolute atomic E-state index is 0.0522. The van der Waals surface area contributed by atoms with Crippen LogP contribution in [-0.4, -0.2) is 50.8 Å². The molecule has 1 aliphatic rings. The topological polar surface area (TPSA) is 98.1 Å². The lowest BCUT2D eigenvalue weighted by atomic mass is 10.1. The van der Waals surface area contributed by atoms with Crippen LogP contribution in [0.1, 0.15) is 18.4 Å². The number of aliphatic carboxylic acids is 1. The van der Waals surface area contributed by atoms with Crippen molar-refractivity contribution in [3.05, 3.63) is 29.8 Å². The molecule has 1 heterocycles. The third-order valence-electron chi connectivity index (χ3n) is 3.48. The summed E-state index contributed by atoms with van der Waals surface area (Å²) >= 11 is 0. The van der Waals surface area contributed by atoms with Crippen molar-refractivity contribution in [1.82, 2.24) is 4.90 Å². The number of phenolic OH excluding ortho intramolecular Hbond substituents is 1. The number of carboxylic acid groups (broad SMARTS) is 1. The van der Waals surface area contributed by atoms with E-state index >= 15 is 0 Å². The van der Waals surface area contributed by atoms with Crippen molar-refractivity contribution in [2.45, 2.75) is 31.4 Å². The molecule has 1 aliphatic heterocycles. The van der Waals surface area contributed by atoms with Crippen LogP contribution in [0, 0.1) is 0 Å². The molecule has 0 radical (unpaired) electrons. The van der Waals surface area contributed by atoms with Gasteiger partial charge in [0.25, 0.3) is 0 Å². The zero-order chi connectivity index (χ0) is 14.7. The van der Waals surface area contributed by atoms with Crippen LogP contribution in [0.25, 0.3) is 0 Å². The number of β-amino-alcohol motifs (C(OH)–C–C–N with tert-alkyl or cyclic N) is 1. The Hall–Kier alpha value is -2.08. The maximum Gasteiger partial charge on any atom is 0.326 e. The molecule has 1 aromatic rings. The first-order chi connectivity index (χ1) is 9.49. The van der Waals surface area contributed by atoms with Gasteiger partial charge in [-0.2, -0.15) is 0 Å². The number of carboxylic acids is 1. The number of phenols is 1. The molecule has 1 fully saturated rings. The van der Waals surface area contributed by atoms with E-state index in [9.17, 15) is 19.8 Å². The van der Waals surface area contributed by atoms with Gasteiger partial charge in [-0.25, -0.2) is 4.79 Å². The number of amides is 1. The van der Waals surface area contributed by atoms with E-state index in [0.29, 0.717) is 12.0 Å². The van der Waals surface area contributed by atoms with E-state index in [1.807, 2.05) is 0 Å². The van der Waals surface area contributed by atoms with E-state index in [4.69, 9.17) is 5.11 Å². The number of aliphatic hydroxyl groups excluding tert-OH is 1. The predicted molar refractivity (Wildman–Crippen MR) is 70.2 cm³/mol. The molecule has 2 atom stereocenters. The van der Waals surface area contributed by atoms with Gasteiger partial charge in [-0.05, 0) is 18.1 Å². The maximum atomic E-state index is 12.1. The minimum Gasteiger partial charge on any atom is -0.508 e. The zero-order valence-electron chi connectivity index (χ0n) is 10.9. The zero-order valence-corrected chi connectivity index (χ0v) is 10.9. The number of rotatable bonds is 4. The van der Waals surface area contributed by atoms with Gasteiger partial charge in [-0.15, -0.1) is 0 Å². The van der Waals surface area contributed by atoms with Gasteiger partial charge in [0.2, 0.25) is 5.91 Å². The predicted octanol–water partition coefficient (Wildman–Crippen LogP) is 0.371. The van der Waals surface area contributed by atoms with Crippen molar-refractivity contribution in [1.29, 1.82) is 0 Å². The van der Waals surface area contributed by atoms with Gasteiger partial charge < -0.3 is 20.2 Å². The number of aliphatic hydroxyl groups is 1. The molecule has 20 heavy (non-hydrogen) atoms. The van der Waals surface area contributed by atoms with E-state index in [0.717, 1.165) is 0 Å². The van der Waals surface area contributed by atoms with E-state index in [-0.39, 0.29) is 31.0 Å². The highest BCUT2D eigenvalue weighted by molar-refractivity contribution is 5.84. The number of carbonyl (C=O) groups excluding carboxylic acids is 1. The molecule has 1 amide bonds. The summed E-state index contributed by atoms with van der Waals surface area (Å²) in [5, 5.41) is 28.1. The monoisotopic (exact) mass is 279 g/mol. The van der Waals surface area contributed by atoms with Crippen molar-refractivity contribution < 1.29 is 24.9 Å². The SMILES string of the molecule is O=C(O)[C@@H]1C[C@H](O)CN1C(=O)CCc1ccccc1O. The Morgan fingerprint density at radius 1 is 1.30 bits per heavy atom. The Bertz CT molecular complexity index is 516. The van der Waals surface area contributed by atoms with Gasteiger partial charge in [-0.1, -0.05) is 18.2 Å². The van der Waals surface area contributed by atoms with Crippen LogP contribution < -0.4 is 0 Å². The van der Waals surface area contributed by atoms with E-state index < -0.39 is 18.1 Å². The van der Waals surface area contributed by atoms with Crippen molar-refractivity contribution in [2.24, 2.45) is 0 Å². The Labute approximate surface area is 116 Å². The second-order valence-corrected chi connectivity index (χ2v) is 4.92. The van der Waals surface area contributed by atoms with Crippen molar-refractivity contribution in [2.75, 3.05) is 6.54 Å². The fraction of sp³-hybridized carbons (Fsp3) is 0.429. The fourth-order valence-electron chi connectivity index (χ4n) is 2.43. The van der Waals surface area contributed by atoms with Crippen molar-refractivity contribution in [3.8, 4) is 5.75 Å². The first-order valence-corrected chi connectivity index (χ1v) is 6.46. The average molecular weight is 279 g/mol. The van der Waals surface area contributed by atoms with Gasteiger partial charge in [0.05, 0.1) is 6.10 Å². The molecule has 0 saturated carbocycles. The van der Waals surface area contributed by atoms with Gasteiger partial charge in [0.1, 0.15) is 11.8 Å². The smallest absolute Gasteiger partial charge is 0.326 e. The number of hydrogen-bond donors (Lipinski definition) is 3. The van der Waals surface area contributed by atoms with Gasteiger partial charge in [-0.3, -0.25) is 4.79 Å². The number of benzene rings is 1. The third-order valence-corrected chi connectivity index (χ3v) is 3.48. The molecule has 0 bridgehead atoms. The lowest BCUT2D eigenvalue weighted by Gasteiger charge is -2.21. The van der Waals surface area contributed by atoms with Crippen LogP contribution in [0.3, 0.4) is 0 Å². The Balaban J connectivity index is 1.98. The van der Waals surface area contributed by atoms with Gasteiger partial charge in [0, 0.05) is 19.4 Å². The van der Waals surface area contributed by atoms with Crippen LogP contribution in [0.5, 0.6) is 5.75 Å². The van der Waals surface area contributed by atoms with Gasteiger partial charge >= 0.3 is 5.97 Å². The molecule has 6 nitrogen and oxygen atoms in total. The quantitative estimate of drug-likeness (QED) is 0.739. The highest BCUT2D eigenvalue weighted by Crippen LogP contribution is 2.22. The highest BCUT2D eigenvalue weighted by Gasteiger charge is 2.38. The number of carbonyl (C=O) groups is 2. The van der Waals surface area contributed by atoms with Crippen LogP contribution >= 0.6 is 0 Å². The maximum absolute atomic E-state index is 12.1. The summed E-state index contributed by atoms with van der Waals surface area (Å²) in [6.07, 6.45) is -0.277. The van der Waals surface area contributed by atoms with Crippen molar-refractivity contribution >= 4 is 11.9 Å². The first-order valence-electron chi connectivity index (χ1n) is 6.46. The summed E-state index contributed by atoms with van der Waals surface area (Å²) < 4.78 is 0.